The Morgan fingerprint density at radius 3 is 2.47 bits per heavy atom. The highest BCUT2D eigenvalue weighted by Gasteiger charge is 2.03. The first-order valence-electron chi connectivity index (χ1n) is 6.48. The second-order valence-electron chi connectivity index (χ2n) is 3.60. The minimum atomic E-state index is -0.288. The summed E-state index contributed by atoms with van der Waals surface area (Å²) in [6.45, 7) is 6.04. The third-order valence-corrected chi connectivity index (χ3v) is 2.44. The Labute approximate surface area is 113 Å². The summed E-state index contributed by atoms with van der Waals surface area (Å²) in [4.78, 5) is 19.9. The minimum absolute atomic E-state index is 0.288. The molecule has 0 saturated carbocycles. The van der Waals surface area contributed by atoms with Gasteiger partial charge in [0.15, 0.2) is 5.65 Å². The number of aromatic nitrogens is 2. The Balaban J connectivity index is 0.000000861. The van der Waals surface area contributed by atoms with Gasteiger partial charge in [-0.1, -0.05) is 20.8 Å². The SMILES string of the molecule is CC.CCc1ccc2ccc(NC(=O)NC)nc2n1. The zero-order valence-corrected chi connectivity index (χ0v) is 11.8. The lowest BCUT2D eigenvalue weighted by Crippen LogP contribution is -2.24. The van der Waals surface area contributed by atoms with Crippen LogP contribution in [0.1, 0.15) is 26.5 Å². The molecule has 102 valence electrons. The first kappa shape index (κ1) is 14.9. The average molecular weight is 260 g/mol. The van der Waals surface area contributed by atoms with Crippen LogP contribution in [0, 0.1) is 0 Å². The molecule has 0 fully saturated rings. The van der Waals surface area contributed by atoms with E-state index in [-0.39, 0.29) is 6.03 Å². The van der Waals surface area contributed by atoms with Crippen LogP contribution in [0.5, 0.6) is 0 Å². The number of nitrogens with one attached hydrogen (secondary N) is 2. The molecule has 0 atom stereocenters. The number of amides is 2. The van der Waals surface area contributed by atoms with Gasteiger partial charge in [-0.2, -0.15) is 0 Å². The standard InChI is InChI=1S/C12H14N4O.C2H6/c1-3-9-6-4-8-5-7-10(15-11(8)14-9)16-12(17)13-2;1-2/h4-7H,3H2,1-2H3,(H2,13,14,15,16,17);1-2H3. The van der Waals surface area contributed by atoms with Crippen molar-refractivity contribution in [3.63, 3.8) is 0 Å². The van der Waals surface area contributed by atoms with Crippen LogP contribution < -0.4 is 10.6 Å². The summed E-state index contributed by atoms with van der Waals surface area (Å²) in [5.74, 6) is 0.498. The first-order chi connectivity index (χ1) is 9.22. The minimum Gasteiger partial charge on any atom is -0.341 e. The quantitative estimate of drug-likeness (QED) is 0.872. The maximum atomic E-state index is 11.2. The number of rotatable bonds is 2. The molecule has 0 aromatic carbocycles. The monoisotopic (exact) mass is 260 g/mol. The number of hydrogen-bond donors (Lipinski definition) is 2. The molecular weight excluding hydrogens is 240 g/mol. The van der Waals surface area contributed by atoms with E-state index < -0.39 is 0 Å². The number of anilines is 1. The van der Waals surface area contributed by atoms with E-state index in [0.717, 1.165) is 17.5 Å². The molecule has 2 heterocycles. The van der Waals surface area contributed by atoms with Crippen LogP contribution in [-0.4, -0.2) is 23.0 Å². The second kappa shape index (κ2) is 7.31. The van der Waals surface area contributed by atoms with Gasteiger partial charge in [0.05, 0.1) is 0 Å². The van der Waals surface area contributed by atoms with Crippen LogP contribution >= 0.6 is 0 Å². The Hall–Kier alpha value is -2.17. The molecule has 2 rings (SSSR count). The van der Waals surface area contributed by atoms with Crippen molar-refractivity contribution in [1.29, 1.82) is 0 Å². The van der Waals surface area contributed by atoms with E-state index in [0.29, 0.717) is 11.5 Å². The fourth-order valence-corrected chi connectivity index (χ4v) is 1.48. The molecule has 0 unspecified atom stereocenters. The molecule has 0 aliphatic heterocycles. The van der Waals surface area contributed by atoms with Crippen LogP contribution in [0.25, 0.3) is 11.0 Å². The molecule has 19 heavy (non-hydrogen) atoms. The molecule has 2 aromatic heterocycles. The number of aryl methyl sites for hydroxylation is 1. The van der Waals surface area contributed by atoms with E-state index in [1.165, 1.54) is 0 Å². The zero-order valence-electron chi connectivity index (χ0n) is 11.8. The molecule has 5 nitrogen and oxygen atoms in total. The molecule has 2 N–H and O–H groups in total. The molecule has 0 spiro atoms. The molecule has 0 saturated heterocycles. The van der Waals surface area contributed by atoms with Crippen LogP contribution in [0.15, 0.2) is 24.3 Å². The molecule has 5 heteroatoms. The number of urea groups is 1. The smallest absolute Gasteiger partial charge is 0.320 e. The predicted molar refractivity (Wildman–Crippen MR) is 78.3 cm³/mol. The molecule has 2 amide bonds. The Bertz CT molecular complexity index is 554. The Kier molecular flexibility index (Phi) is 5.73. The largest absolute Gasteiger partial charge is 0.341 e. The van der Waals surface area contributed by atoms with Gasteiger partial charge in [-0.25, -0.2) is 14.8 Å². The highest BCUT2D eigenvalue weighted by atomic mass is 16.2. The third-order valence-electron chi connectivity index (χ3n) is 2.44. The van der Waals surface area contributed by atoms with Gasteiger partial charge in [0.1, 0.15) is 5.82 Å². The summed E-state index contributed by atoms with van der Waals surface area (Å²) in [5, 5.41) is 6.06. The van der Waals surface area contributed by atoms with Gasteiger partial charge < -0.3 is 5.32 Å². The first-order valence-corrected chi connectivity index (χ1v) is 6.48. The van der Waals surface area contributed by atoms with E-state index in [4.69, 9.17) is 0 Å². The number of hydrogen-bond acceptors (Lipinski definition) is 3. The number of nitrogens with zero attached hydrogens (tertiary/aromatic N) is 2. The highest BCUT2D eigenvalue weighted by Crippen LogP contribution is 2.14. The lowest BCUT2D eigenvalue weighted by atomic mass is 10.2. The summed E-state index contributed by atoms with van der Waals surface area (Å²) in [6, 6.07) is 7.32. The van der Waals surface area contributed by atoms with E-state index >= 15 is 0 Å². The molecule has 0 aliphatic rings. The normalized spacial score (nSPS) is 9.47. The lowest BCUT2D eigenvalue weighted by molar-refractivity contribution is 0.254. The number of carbonyl (C=O) groups excluding carboxylic acids is 1. The summed E-state index contributed by atoms with van der Waals surface area (Å²) in [6.07, 6.45) is 0.866. The molecule has 2 aromatic rings. The van der Waals surface area contributed by atoms with Crippen LogP contribution in [0.4, 0.5) is 10.6 Å². The van der Waals surface area contributed by atoms with Crippen molar-refractivity contribution in [1.82, 2.24) is 15.3 Å². The van der Waals surface area contributed by atoms with Crippen molar-refractivity contribution >= 4 is 22.9 Å². The molecule has 0 radical (unpaired) electrons. The van der Waals surface area contributed by atoms with Gasteiger partial charge in [-0.05, 0) is 30.7 Å². The van der Waals surface area contributed by atoms with Gasteiger partial charge in [0.25, 0.3) is 0 Å². The topological polar surface area (TPSA) is 66.9 Å². The summed E-state index contributed by atoms with van der Waals surface area (Å²) in [5.41, 5.74) is 1.64. The molecular formula is C14H20N4O. The van der Waals surface area contributed by atoms with Gasteiger partial charge in [0, 0.05) is 18.1 Å². The van der Waals surface area contributed by atoms with Crippen molar-refractivity contribution in [3.05, 3.63) is 30.0 Å². The Morgan fingerprint density at radius 1 is 1.16 bits per heavy atom. The van der Waals surface area contributed by atoms with Crippen molar-refractivity contribution in [2.75, 3.05) is 12.4 Å². The summed E-state index contributed by atoms with van der Waals surface area (Å²) < 4.78 is 0. The van der Waals surface area contributed by atoms with Crippen molar-refractivity contribution in [3.8, 4) is 0 Å². The Morgan fingerprint density at radius 2 is 1.84 bits per heavy atom. The average Bonchev–Trinajstić information content (AvgIpc) is 2.48. The van der Waals surface area contributed by atoms with Crippen LogP contribution in [-0.2, 0) is 6.42 Å². The maximum absolute atomic E-state index is 11.2. The van der Waals surface area contributed by atoms with Gasteiger partial charge in [0.2, 0.25) is 0 Å². The van der Waals surface area contributed by atoms with E-state index in [2.05, 4.69) is 20.6 Å². The predicted octanol–water partition coefficient (Wildman–Crippen LogP) is 2.97. The van der Waals surface area contributed by atoms with E-state index in [9.17, 15) is 4.79 Å². The summed E-state index contributed by atoms with van der Waals surface area (Å²) >= 11 is 0. The molecule has 0 bridgehead atoms. The van der Waals surface area contributed by atoms with E-state index in [1.54, 1.807) is 13.1 Å². The van der Waals surface area contributed by atoms with Crippen LogP contribution in [0.3, 0.4) is 0 Å². The summed E-state index contributed by atoms with van der Waals surface area (Å²) in [7, 11) is 1.56. The molecule has 0 aliphatic carbocycles. The lowest BCUT2D eigenvalue weighted by Gasteiger charge is -2.05. The number of pyridine rings is 2. The number of carbonyl (C=O) groups is 1. The zero-order chi connectivity index (χ0) is 14.3. The fourth-order valence-electron chi connectivity index (χ4n) is 1.48. The third kappa shape index (κ3) is 3.91. The maximum Gasteiger partial charge on any atom is 0.320 e. The fraction of sp³-hybridized carbons (Fsp3) is 0.357. The second-order valence-corrected chi connectivity index (χ2v) is 3.60. The number of fused-ring (bicyclic) bond motifs is 1. The highest BCUT2D eigenvalue weighted by molar-refractivity contribution is 5.89. The van der Waals surface area contributed by atoms with Gasteiger partial charge >= 0.3 is 6.03 Å². The van der Waals surface area contributed by atoms with Crippen molar-refractivity contribution in [2.24, 2.45) is 0 Å². The van der Waals surface area contributed by atoms with E-state index in [1.807, 2.05) is 39.0 Å². The van der Waals surface area contributed by atoms with Gasteiger partial charge in [-0.15, -0.1) is 0 Å². The van der Waals surface area contributed by atoms with Gasteiger partial charge in [-0.3, -0.25) is 5.32 Å². The van der Waals surface area contributed by atoms with Crippen LogP contribution in [0.2, 0.25) is 0 Å². The van der Waals surface area contributed by atoms with Crippen molar-refractivity contribution in [2.45, 2.75) is 27.2 Å². The van der Waals surface area contributed by atoms with Crippen molar-refractivity contribution < 1.29 is 4.79 Å².